The van der Waals surface area contributed by atoms with Crippen molar-refractivity contribution in [3.05, 3.63) is 79.6 Å². The number of Topliss-reactive ketones (excluding diaryl/α,β-unsaturated/α-hetero) is 2. The predicted molar refractivity (Wildman–Crippen MR) is 148 cm³/mol. The number of hydrogen-bond acceptors (Lipinski definition) is 5. The zero-order chi connectivity index (χ0) is 26.1. The summed E-state index contributed by atoms with van der Waals surface area (Å²) in [5.74, 6) is 0.757. The van der Waals surface area contributed by atoms with Crippen LogP contribution in [0.1, 0.15) is 68.9 Å². The first kappa shape index (κ1) is 26.1. The molecule has 194 valence electrons. The van der Waals surface area contributed by atoms with E-state index in [4.69, 9.17) is 21.1 Å². The van der Waals surface area contributed by atoms with E-state index in [9.17, 15) is 9.59 Å². The summed E-state index contributed by atoms with van der Waals surface area (Å²) >= 11 is 10.4. The molecule has 0 saturated carbocycles. The number of nitrogens with zero attached hydrogens (tertiary/aromatic N) is 1. The number of allylic oxidation sites excluding steroid dienone is 4. The van der Waals surface area contributed by atoms with Crippen molar-refractivity contribution in [1.29, 1.82) is 0 Å². The first-order valence-electron chi connectivity index (χ1n) is 13.0. The van der Waals surface area contributed by atoms with Gasteiger partial charge in [-0.3, -0.25) is 9.59 Å². The van der Waals surface area contributed by atoms with Crippen LogP contribution in [0.25, 0.3) is 0 Å². The number of ether oxygens (including phenoxy) is 2. The van der Waals surface area contributed by atoms with Crippen molar-refractivity contribution in [2.75, 3.05) is 13.7 Å². The van der Waals surface area contributed by atoms with E-state index in [-0.39, 0.29) is 11.6 Å². The fourth-order valence-electron chi connectivity index (χ4n) is 5.86. The molecule has 5 rings (SSSR count). The van der Waals surface area contributed by atoms with Crippen LogP contribution in [0.15, 0.2) is 63.4 Å². The molecule has 5 nitrogen and oxygen atoms in total. The minimum atomic E-state index is -0.428. The van der Waals surface area contributed by atoms with Crippen LogP contribution in [-0.2, 0) is 16.2 Å². The number of halogens is 2. The standard InChI is InChI=1S/C30H31BrClNO4/c1-3-14-33-22-10-6-12-24(34)28(22)27(29-23(33)11-7-13-25(29)35)19-15-21(32)30(26(16-19)36-2)37-17-18-8-4-5-9-20(18)31/h4-5,8-9,15-16,27H,3,6-7,10-14,17H2,1-2H3. The zero-order valence-electron chi connectivity index (χ0n) is 21.2. The number of carbonyl (C=O) groups excluding carboxylic acids is 2. The van der Waals surface area contributed by atoms with Crippen molar-refractivity contribution < 1.29 is 19.1 Å². The lowest BCUT2D eigenvalue weighted by atomic mass is 9.71. The summed E-state index contributed by atoms with van der Waals surface area (Å²) < 4.78 is 12.8. The largest absolute Gasteiger partial charge is 0.493 e. The Hall–Kier alpha value is -2.57. The summed E-state index contributed by atoms with van der Waals surface area (Å²) in [6.45, 7) is 3.27. The van der Waals surface area contributed by atoms with Gasteiger partial charge in [-0.2, -0.15) is 0 Å². The summed E-state index contributed by atoms with van der Waals surface area (Å²) in [5.41, 5.74) is 5.47. The van der Waals surface area contributed by atoms with E-state index in [1.165, 1.54) is 0 Å². The van der Waals surface area contributed by atoms with Gasteiger partial charge in [-0.1, -0.05) is 52.7 Å². The van der Waals surface area contributed by atoms with Gasteiger partial charge >= 0.3 is 0 Å². The topological polar surface area (TPSA) is 55.8 Å². The molecule has 0 atom stereocenters. The number of ketones is 2. The molecule has 2 aromatic carbocycles. The Morgan fingerprint density at radius 1 is 1.00 bits per heavy atom. The van der Waals surface area contributed by atoms with Crippen molar-refractivity contribution in [3.8, 4) is 11.5 Å². The molecule has 2 aromatic rings. The smallest absolute Gasteiger partial charge is 0.180 e. The third-order valence-electron chi connectivity index (χ3n) is 7.45. The normalized spacial score (nSPS) is 18.2. The summed E-state index contributed by atoms with van der Waals surface area (Å²) in [5, 5.41) is 0.396. The molecule has 3 aliphatic rings. The Balaban J connectivity index is 1.60. The quantitative estimate of drug-likeness (QED) is 0.337. The van der Waals surface area contributed by atoms with Crippen molar-refractivity contribution in [2.24, 2.45) is 0 Å². The predicted octanol–water partition coefficient (Wildman–Crippen LogP) is 7.51. The molecule has 0 fully saturated rings. The minimum Gasteiger partial charge on any atom is -0.493 e. The van der Waals surface area contributed by atoms with Gasteiger partial charge < -0.3 is 14.4 Å². The second kappa shape index (κ2) is 11.0. The van der Waals surface area contributed by atoms with Gasteiger partial charge in [0.2, 0.25) is 0 Å². The Morgan fingerprint density at radius 2 is 1.65 bits per heavy atom. The minimum absolute atomic E-state index is 0.127. The molecular weight excluding hydrogens is 554 g/mol. The van der Waals surface area contributed by atoms with Gasteiger partial charge in [-0.25, -0.2) is 0 Å². The van der Waals surface area contributed by atoms with Crippen LogP contribution in [0.4, 0.5) is 0 Å². The van der Waals surface area contributed by atoms with Gasteiger partial charge in [-0.05, 0) is 55.9 Å². The molecule has 0 saturated heterocycles. The first-order valence-corrected chi connectivity index (χ1v) is 14.1. The Labute approximate surface area is 231 Å². The van der Waals surface area contributed by atoms with Crippen LogP contribution in [-0.4, -0.2) is 30.1 Å². The molecule has 1 heterocycles. The average Bonchev–Trinajstić information content (AvgIpc) is 2.89. The maximum absolute atomic E-state index is 13.4. The summed E-state index contributed by atoms with van der Waals surface area (Å²) in [6.07, 6.45) is 5.33. The van der Waals surface area contributed by atoms with Crippen LogP contribution < -0.4 is 9.47 Å². The monoisotopic (exact) mass is 583 g/mol. The SMILES string of the molecule is CCCN1C2=C(C(=O)CCC2)C(c2cc(Cl)c(OCc3ccccc3Br)c(OC)c2)C2=C1CCCC2=O. The lowest BCUT2D eigenvalue weighted by Gasteiger charge is -2.44. The highest BCUT2D eigenvalue weighted by Gasteiger charge is 2.43. The van der Waals surface area contributed by atoms with Crippen molar-refractivity contribution in [3.63, 3.8) is 0 Å². The van der Waals surface area contributed by atoms with Gasteiger partial charge in [0.15, 0.2) is 23.1 Å². The van der Waals surface area contributed by atoms with Crippen molar-refractivity contribution >= 4 is 39.1 Å². The van der Waals surface area contributed by atoms with Crippen molar-refractivity contribution in [2.45, 2.75) is 64.4 Å². The molecule has 0 bridgehead atoms. The fourth-order valence-corrected chi connectivity index (χ4v) is 6.53. The number of rotatable bonds is 7. The average molecular weight is 585 g/mol. The Bertz CT molecular complexity index is 1270. The van der Waals surface area contributed by atoms with E-state index in [1.54, 1.807) is 7.11 Å². The van der Waals surface area contributed by atoms with Crippen LogP contribution in [0.5, 0.6) is 11.5 Å². The van der Waals surface area contributed by atoms with Crippen LogP contribution in [0.3, 0.4) is 0 Å². The zero-order valence-corrected chi connectivity index (χ0v) is 23.6. The summed E-state index contributed by atoms with van der Waals surface area (Å²) in [6, 6.07) is 11.6. The third-order valence-corrected chi connectivity index (χ3v) is 8.50. The van der Waals surface area contributed by atoms with E-state index in [0.29, 0.717) is 36.0 Å². The lowest BCUT2D eigenvalue weighted by molar-refractivity contribution is -0.117. The van der Waals surface area contributed by atoms with E-state index in [0.717, 1.165) is 76.8 Å². The first-order chi connectivity index (χ1) is 17.9. The van der Waals surface area contributed by atoms with Crippen LogP contribution >= 0.6 is 27.5 Å². The van der Waals surface area contributed by atoms with Gasteiger partial charge in [0.1, 0.15) is 6.61 Å². The second-order valence-electron chi connectivity index (χ2n) is 9.77. The lowest BCUT2D eigenvalue weighted by Crippen LogP contribution is -2.39. The van der Waals surface area contributed by atoms with E-state index in [1.807, 2.05) is 36.4 Å². The molecule has 7 heteroatoms. The van der Waals surface area contributed by atoms with E-state index < -0.39 is 5.92 Å². The second-order valence-corrected chi connectivity index (χ2v) is 11.0. The molecule has 0 aromatic heterocycles. The molecule has 0 spiro atoms. The number of carbonyl (C=O) groups is 2. The maximum Gasteiger partial charge on any atom is 0.180 e. The third kappa shape index (κ3) is 4.86. The van der Waals surface area contributed by atoms with Crippen LogP contribution in [0.2, 0.25) is 5.02 Å². The number of hydrogen-bond donors (Lipinski definition) is 0. The van der Waals surface area contributed by atoms with Crippen LogP contribution in [0, 0.1) is 0 Å². The highest BCUT2D eigenvalue weighted by molar-refractivity contribution is 9.10. The molecule has 2 aliphatic carbocycles. The van der Waals surface area contributed by atoms with E-state index >= 15 is 0 Å². The summed E-state index contributed by atoms with van der Waals surface area (Å²) in [4.78, 5) is 29.1. The fraction of sp³-hybridized carbons (Fsp3) is 0.400. The molecule has 0 radical (unpaired) electrons. The molecular formula is C30H31BrClNO4. The summed E-state index contributed by atoms with van der Waals surface area (Å²) in [7, 11) is 1.58. The van der Waals surface area contributed by atoms with Gasteiger partial charge in [0.05, 0.1) is 12.1 Å². The Morgan fingerprint density at radius 3 is 2.24 bits per heavy atom. The highest BCUT2D eigenvalue weighted by Crippen LogP contribution is 2.51. The van der Waals surface area contributed by atoms with Gasteiger partial charge in [0, 0.05) is 57.9 Å². The Kier molecular flexibility index (Phi) is 7.77. The maximum atomic E-state index is 13.4. The van der Waals surface area contributed by atoms with Gasteiger partial charge in [0.25, 0.3) is 0 Å². The van der Waals surface area contributed by atoms with Gasteiger partial charge in [-0.15, -0.1) is 0 Å². The highest BCUT2D eigenvalue weighted by atomic mass is 79.9. The molecule has 0 N–H and O–H groups in total. The van der Waals surface area contributed by atoms with Crippen molar-refractivity contribution in [1.82, 2.24) is 4.90 Å². The molecule has 0 unspecified atom stereocenters. The number of methoxy groups -OCH3 is 1. The van der Waals surface area contributed by atoms with E-state index in [2.05, 4.69) is 27.8 Å². The molecule has 0 amide bonds. The molecule has 37 heavy (non-hydrogen) atoms. The molecule has 1 aliphatic heterocycles. The number of benzene rings is 2.